The topological polar surface area (TPSA) is 75.6 Å². The molecule has 0 fully saturated rings. The number of alkyl halides is 3. The third-order valence-electron chi connectivity index (χ3n) is 2.65. The Morgan fingerprint density at radius 1 is 1.30 bits per heavy atom. The molecule has 1 aromatic carbocycles. The summed E-state index contributed by atoms with van der Waals surface area (Å²) < 4.78 is 42.8. The van der Waals surface area contributed by atoms with Crippen molar-refractivity contribution in [3.63, 3.8) is 0 Å². The minimum Gasteiger partial charge on any atom is -0.506 e. The van der Waals surface area contributed by atoms with E-state index in [2.05, 4.69) is 0 Å². The molecule has 0 heterocycles. The predicted octanol–water partition coefficient (Wildman–Crippen LogP) is 2.75. The maximum absolute atomic E-state index is 12.4. The van der Waals surface area contributed by atoms with Gasteiger partial charge >= 0.3 is 18.1 Å². The van der Waals surface area contributed by atoms with Crippen LogP contribution in [0.5, 0.6) is 5.75 Å². The van der Waals surface area contributed by atoms with Crippen LogP contribution in [0, 0.1) is 7.14 Å². The molecule has 0 radical (unpaired) electrons. The Labute approximate surface area is 157 Å². The third kappa shape index (κ3) is 5.97. The second-order valence-electron chi connectivity index (χ2n) is 4.39. The molecule has 1 rings (SSSR count). The van der Waals surface area contributed by atoms with Gasteiger partial charge in [0.1, 0.15) is 11.8 Å². The van der Waals surface area contributed by atoms with Crippen molar-refractivity contribution >= 4 is 57.1 Å². The molecule has 0 spiro atoms. The Balaban J connectivity index is 3.02. The van der Waals surface area contributed by atoms with Crippen LogP contribution in [0.4, 0.5) is 13.2 Å². The third-order valence-corrected chi connectivity index (χ3v) is 4.30. The van der Waals surface area contributed by atoms with Gasteiger partial charge in [-0.2, -0.15) is 13.2 Å². The molecule has 1 atom stereocenters. The molecule has 0 bridgehead atoms. The number of hydrogen-bond acceptors (Lipinski definition) is 4. The molecule has 0 saturated carbocycles. The molecule has 1 amide bonds. The second kappa shape index (κ2) is 8.35. The minimum atomic E-state index is -5.09. The molecule has 0 unspecified atom stereocenters. The number of benzene rings is 1. The highest BCUT2D eigenvalue weighted by Crippen LogP contribution is 2.28. The zero-order valence-corrected chi connectivity index (χ0v) is 16.0. The van der Waals surface area contributed by atoms with Crippen molar-refractivity contribution in [2.24, 2.45) is 0 Å². The number of nitrogens with one attached hydrogen (secondary N) is 1. The summed E-state index contributed by atoms with van der Waals surface area (Å²) in [4.78, 5) is 22.9. The maximum atomic E-state index is 12.4. The van der Waals surface area contributed by atoms with E-state index in [9.17, 15) is 27.9 Å². The Hall–Kier alpha value is -0.790. The van der Waals surface area contributed by atoms with Crippen LogP contribution >= 0.6 is 45.2 Å². The van der Waals surface area contributed by atoms with E-state index in [0.717, 1.165) is 0 Å². The number of carbonyl (C=O) groups is 2. The summed E-state index contributed by atoms with van der Waals surface area (Å²) in [6.07, 6.45) is -5.28. The first kappa shape index (κ1) is 20.3. The average Bonchev–Trinajstić information content (AvgIpc) is 2.43. The first-order valence-corrected chi connectivity index (χ1v) is 8.43. The van der Waals surface area contributed by atoms with Crippen molar-refractivity contribution in [1.29, 1.82) is 0 Å². The lowest BCUT2D eigenvalue weighted by molar-refractivity contribution is -0.175. The van der Waals surface area contributed by atoms with Crippen molar-refractivity contribution < 1.29 is 32.6 Å². The van der Waals surface area contributed by atoms with E-state index in [1.54, 1.807) is 5.32 Å². The van der Waals surface area contributed by atoms with Crippen LogP contribution in [0.1, 0.15) is 12.5 Å². The highest BCUT2D eigenvalue weighted by Gasteiger charge is 2.41. The van der Waals surface area contributed by atoms with E-state index in [0.29, 0.717) is 12.7 Å². The van der Waals surface area contributed by atoms with E-state index in [1.165, 1.54) is 19.1 Å². The molecule has 128 valence electrons. The Bertz CT molecular complexity index is 584. The lowest BCUT2D eigenvalue weighted by atomic mass is 10.1. The van der Waals surface area contributed by atoms with Gasteiger partial charge in [-0.1, -0.05) is 0 Å². The van der Waals surface area contributed by atoms with Gasteiger partial charge in [0.2, 0.25) is 0 Å². The molecule has 2 N–H and O–H groups in total. The van der Waals surface area contributed by atoms with Crippen molar-refractivity contribution in [2.45, 2.75) is 25.6 Å². The van der Waals surface area contributed by atoms with Crippen LogP contribution in [0.3, 0.4) is 0 Å². The molecule has 1 aromatic rings. The molecular weight excluding hydrogens is 545 g/mol. The Morgan fingerprint density at radius 2 is 1.83 bits per heavy atom. The number of rotatable bonds is 5. The fraction of sp³-hybridized carbons (Fsp3) is 0.385. The van der Waals surface area contributed by atoms with Crippen LogP contribution in [0.2, 0.25) is 0 Å². The van der Waals surface area contributed by atoms with E-state index >= 15 is 0 Å². The van der Waals surface area contributed by atoms with E-state index in [4.69, 9.17) is 4.74 Å². The number of aromatic hydroxyl groups is 1. The van der Waals surface area contributed by atoms with Gasteiger partial charge in [-0.25, -0.2) is 4.79 Å². The van der Waals surface area contributed by atoms with Crippen molar-refractivity contribution in [1.82, 2.24) is 5.32 Å². The minimum absolute atomic E-state index is 0.0259. The SMILES string of the molecule is CCOC(=O)[C@H](Cc1cc(I)c(O)c(I)c1)NC(=O)C(F)(F)F. The molecule has 0 aliphatic rings. The summed E-state index contributed by atoms with van der Waals surface area (Å²) in [5.41, 5.74) is 0.483. The van der Waals surface area contributed by atoms with Gasteiger partial charge in [-0.05, 0) is 69.8 Å². The average molecular weight is 557 g/mol. The number of esters is 1. The van der Waals surface area contributed by atoms with Gasteiger partial charge in [0, 0.05) is 6.42 Å². The Kier molecular flexibility index (Phi) is 7.35. The number of phenolic OH excluding ortho intramolecular Hbond substituents is 1. The number of halogens is 5. The molecule has 23 heavy (non-hydrogen) atoms. The summed E-state index contributed by atoms with van der Waals surface area (Å²) >= 11 is 3.71. The number of carbonyl (C=O) groups excluding carboxylic acids is 2. The lowest BCUT2D eigenvalue weighted by Gasteiger charge is -2.18. The zero-order valence-electron chi connectivity index (χ0n) is 11.7. The predicted molar refractivity (Wildman–Crippen MR) is 91.9 cm³/mol. The smallest absolute Gasteiger partial charge is 0.471 e. The van der Waals surface area contributed by atoms with Crippen LogP contribution in [-0.4, -0.2) is 35.8 Å². The van der Waals surface area contributed by atoms with Crippen LogP contribution < -0.4 is 5.32 Å². The van der Waals surface area contributed by atoms with Crippen molar-refractivity contribution in [3.05, 3.63) is 24.8 Å². The lowest BCUT2D eigenvalue weighted by Crippen LogP contribution is -2.48. The normalized spacial score (nSPS) is 12.6. The van der Waals surface area contributed by atoms with E-state index in [1.807, 2.05) is 45.2 Å². The highest BCUT2D eigenvalue weighted by molar-refractivity contribution is 14.1. The van der Waals surface area contributed by atoms with Gasteiger partial charge in [0.15, 0.2) is 0 Å². The Morgan fingerprint density at radius 3 is 2.26 bits per heavy atom. The fourth-order valence-electron chi connectivity index (χ4n) is 1.65. The molecule has 5 nitrogen and oxygen atoms in total. The highest BCUT2D eigenvalue weighted by atomic mass is 127. The molecule has 0 saturated heterocycles. The standard InChI is InChI=1S/C13H12F3I2NO4/c1-2-23-11(21)9(19-12(22)13(14,15)16)5-6-3-7(17)10(20)8(18)4-6/h3-4,9,20H,2,5H2,1H3,(H,19,22)/t9-/m0/s1. The zero-order chi connectivity index (χ0) is 17.8. The molecular formula is C13H12F3I2NO4. The number of ether oxygens (including phenoxy) is 1. The van der Waals surface area contributed by atoms with Gasteiger partial charge in [-0.15, -0.1) is 0 Å². The molecule has 10 heteroatoms. The van der Waals surface area contributed by atoms with E-state index < -0.39 is 24.1 Å². The number of hydrogen-bond donors (Lipinski definition) is 2. The van der Waals surface area contributed by atoms with Crippen LogP contribution in [-0.2, 0) is 20.7 Å². The molecule has 0 aliphatic heterocycles. The monoisotopic (exact) mass is 557 g/mol. The summed E-state index contributed by atoms with van der Waals surface area (Å²) in [7, 11) is 0. The van der Waals surface area contributed by atoms with Crippen molar-refractivity contribution in [3.8, 4) is 5.75 Å². The number of amides is 1. The summed E-state index contributed by atoms with van der Waals surface area (Å²) in [6.45, 7) is 1.48. The van der Waals surface area contributed by atoms with Crippen LogP contribution in [0.25, 0.3) is 0 Å². The number of phenols is 1. The van der Waals surface area contributed by atoms with Crippen LogP contribution in [0.15, 0.2) is 12.1 Å². The largest absolute Gasteiger partial charge is 0.506 e. The van der Waals surface area contributed by atoms with Gasteiger partial charge < -0.3 is 15.2 Å². The van der Waals surface area contributed by atoms with Gasteiger partial charge in [0.25, 0.3) is 0 Å². The van der Waals surface area contributed by atoms with Crippen molar-refractivity contribution in [2.75, 3.05) is 6.61 Å². The summed E-state index contributed by atoms with van der Waals surface area (Å²) in [5, 5.41) is 11.3. The molecule has 0 aliphatic carbocycles. The second-order valence-corrected chi connectivity index (χ2v) is 6.71. The van der Waals surface area contributed by atoms with Gasteiger partial charge in [0.05, 0.1) is 13.7 Å². The first-order valence-electron chi connectivity index (χ1n) is 6.27. The quantitative estimate of drug-likeness (QED) is 0.432. The fourth-order valence-corrected chi connectivity index (χ4v) is 3.54. The van der Waals surface area contributed by atoms with Gasteiger partial charge in [-0.3, -0.25) is 4.79 Å². The molecule has 0 aromatic heterocycles. The van der Waals surface area contributed by atoms with E-state index in [-0.39, 0.29) is 18.8 Å². The summed E-state index contributed by atoms with van der Waals surface area (Å²) in [5.74, 6) is -3.12. The first-order chi connectivity index (χ1) is 10.6. The maximum Gasteiger partial charge on any atom is 0.471 e. The summed E-state index contributed by atoms with van der Waals surface area (Å²) in [6, 6.07) is 1.56.